The molecule has 3 aromatic rings. The van der Waals surface area contributed by atoms with E-state index in [2.05, 4.69) is 10.3 Å². The highest BCUT2D eigenvalue weighted by Gasteiger charge is 2.50. The quantitative estimate of drug-likeness (QED) is 0.289. The summed E-state index contributed by atoms with van der Waals surface area (Å²) < 4.78 is 40.2. The van der Waals surface area contributed by atoms with Crippen LogP contribution >= 0.6 is 18.9 Å². The van der Waals surface area contributed by atoms with Crippen LogP contribution in [0, 0.1) is 0 Å². The van der Waals surface area contributed by atoms with Gasteiger partial charge in [0, 0.05) is 42.2 Å². The Labute approximate surface area is 249 Å². The van der Waals surface area contributed by atoms with Crippen molar-refractivity contribution in [2.24, 2.45) is 0 Å². The van der Waals surface area contributed by atoms with Gasteiger partial charge in [0.1, 0.15) is 12.1 Å². The Morgan fingerprint density at radius 2 is 1.86 bits per heavy atom. The van der Waals surface area contributed by atoms with Crippen molar-refractivity contribution in [3.63, 3.8) is 0 Å². The van der Waals surface area contributed by atoms with E-state index in [1.807, 2.05) is 0 Å². The lowest BCUT2D eigenvalue weighted by Gasteiger charge is -2.36. The first kappa shape index (κ1) is 31.0. The van der Waals surface area contributed by atoms with Crippen molar-refractivity contribution >= 4 is 46.7 Å². The summed E-state index contributed by atoms with van der Waals surface area (Å²) in [6.07, 6.45) is 5.24. The maximum atomic E-state index is 14.2. The van der Waals surface area contributed by atoms with Crippen molar-refractivity contribution < 1.29 is 37.5 Å². The highest BCUT2D eigenvalue weighted by molar-refractivity contribution is 7.52. The zero-order chi connectivity index (χ0) is 31.1. The molecule has 3 atom stereocenters. The van der Waals surface area contributed by atoms with E-state index in [4.69, 9.17) is 9.79 Å². The first-order valence-corrected chi connectivity index (χ1v) is 16.2. The smallest absolute Gasteiger partial charge is 0.340 e. The largest absolute Gasteiger partial charge is 0.399 e. The third-order valence-electron chi connectivity index (χ3n) is 8.01. The monoisotopic (exact) mass is 636 g/mol. The molecule has 230 valence electrons. The molecule has 11 nitrogen and oxygen atoms in total. The number of halogens is 2. The van der Waals surface area contributed by atoms with Crippen LogP contribution in [0.3, 0.4) is 0 Å². The average molecular weight is 637 g/mol. The highest BCUT2D eigenvalue weighted by atomic mass is 32.1. The molecule has 0 aliphatic carbocycles. The molecule has 15 heteroatoms. The fourth-order valence-electron chi connectivity index (χ4n) is 5.84. The molecule has 0 saturated carbocycles. The molecule has 2 aliphatic rings. The van der Waals surface area contributed by atoms with E-state index in [9.17, 15) is 32.5 Å². The number of carbonyl (C=O) groups is 3. The number of fused-ring (bicyclic) bond motifs is 2. The number of aromatic nitrogens is 1. The number of H-pyrrole nitrogens is 1. The number of pyridine rings is 1. The summed E-state index contributed by atoms with van der Waals surface area (Å²) in [6, 6.07) is 5.82. The van der Waals surface area contributed by atoms with Crippen molar-refractivity contribution in [1.82, 2.24) is 20.1 Å². The van der Waals surface area contributed by atoms with Gasteiger partial charge in [0.2, 0.25) is 17.4 Å². The first-order valence-electron chi connectivity index (χ1n) is 13.8. The van der Waals surface area contributed by atoms with Gasteiger partial charge in [0.15, 0.2) is 0 Å². The van der Waals surface area contributed by atoms with Gasteiger partial charge in [0.25, 0.3) is 5.91 Å². The molecule has 2 aromatic heterocycles. The lowest BCUT2D eigenvalue weighted by atomic mass is 9.99. The molecule has 5 rings (SSSR count). The number of thiophene rings is 1. The minimum absolute atomic E-state index is 0.143. The summed E-state index contributed by atoms with van der Waals surface area (Å²) in [4.78, 5) is 76.2. The maximum absolute atomic E-state index is 14.2. The van der Waals surface area contributed by atoms with Crippen LogP contribution in [-0.2, 0) is 26.4 Å². The third-order valence-corrected chi connectivity index (χ3v) is 10.1. The van der Waals surface area contributed by atoms with E-state index >= 15 is 0 Å². The van der Waals surface area contributed by atoms with Gasteiger partial charge in [-0.2, -0.15) is 8.78 Å². The van der Waals surface area contributed by atoms with Crippen molar-refractivity contribution in [2.45, 2.75) is 68.9 Å². The number of likely N-dealkylation sites (N-methyl/N-ethyl adjacent to an activating group) is 1. The van der Waals surface area contributed by atoms with Gasteiger partial charge in [-0.05, 0) is 60.9 Å². The molecule has 2 fully saturated rings. The minimum atomic E-state index is -5.76. The van der Waals surface area contributed by atoms with Crippen LogP contribution < -0.4 is 10.9 Å². The number of carbonyl (C=O) groups excluding carboxylic acids is 3. The Hall–Kier alpha value is -3.45. The maximum Gasteiger partial charge on any atom is 0.399 e. The molecule has 0 unspecified atom stereocenters. The number of hydrogen-bond donors (Lipinski definition) is 4. The van der Waals surface area contributed by atoms with Crippen LogP contribution in [0.1, 0.15) is 59.3 Å². The summed E-state index contributed by atoms with van der Waals surface area (Å²) in [5.74, 6) is -1.20. The Balaban J connectivity index is 1.33. The lowest BCUT2D eigenvalue weighted by Crippen LogP contribution is -2.56. The SMILES string of the molecule is CN(Cc1cc[nH]c(=O)c1)C(=O)[C@@H]1CC[C@@H]2CCCC[C@H](NC(=O)c3cc4cc(C(F)(F)P(=O)(O)O)ccc4s3)C(=O)N21. The molecule has 0 radical (unpaired) electrons. The van der Waals surface area contributed by atoms with Gasteiger partial charge in [0.05, 0.1) is 4.88 Å². The predicted octanol–water partition coefficient (Wildman–Crippen LogP) is 3.51. The molecular weight excluding hydrogens is 605 g/mol. The van der Waals surface area contributed by atoms with E-state index in [1.54, 1.807) is 18.0 Å². The van der Waals surface area contributed by atoms with Crippen LogP contribution in [-0.4, -0.2) is 67.5 Å². The van der Waals surface area contributed by atoms with Crippen molar-refractivity contribution in [3.8, 4) is 0 Å². The van der Waals surface area contributed by atoms with Gasteiger partial charge in [-0.15, -0.1) is 11.3 Å². The third kappa shape index (κ3) is 6.28. The summed E-state index contributed by atoms with van der Waals surface area (Å²) in [5.41, 5.74) is -4.88. The van der Waals surface area contributed by atoms with Gasteiger partial charge >= 0.3 is 13.3 Å². The van der Waals surface area contributed by atoms with Crippen molar-refractivity contribution in [3.05, 3.63) is 69.0 Å². The van der Waals surface area contributed by atoms with Gasteiger partial charge in [-0.25, -0.2) is 0 Å². The molecule has 0 bridgehead atoms. The number of amides is 3. The second-order valence-electron chi connectivity index (χ2n) is 11.0. The number of rotatable bonds is 7. The normalized spacial score (nSPS) is 21.3. The van der Waals surface area contributed by atoms with Crippen molar-refractivity contribution in [2.75, 3.05) is 7.05 Å². The molecule has 1 aromatic carbocycles. The van der Waals surface area contributed by atoms with Crippen molar-refractivity contribution in [1.29, 1.82) is 0 Å². The fraction of sp³-hybridized carbons (Fsp3) is 0.429. The molecule has 43 heavy (non-hydrogen) atoms. The molecule has 2 aliphatic heterocycles. The number of aromatic amines is 1. The lowest BCUT2D eigenvalue weighted by molar-refractivity contribution is -0.146. The van der Waals surface area contributed by atoms with E-state index in [1.165, 1.54) is 29.3 Å². The summed E-state index contributed by atoms with van der Waals surface area (Å²) in [6.45, 7) is 0.194. The molecule has 0 spiro atoms. The Kier molecular flexibility index (Phi) is 8.59. The second-order valence-corrected chi connectivity index (χ2v) is 13.7. The fourth-order valence-corrected chi connectivity index (χ4v) is 7.26. The van der Waals surface area contributed by atoms with Crippen LogP contribution in [0.2, 0.25) is 0 Å². The van der Waals surface area contributed by atoms with Crippen LogP contribution in [0.4, 0.5) is 8.78 Å². The Morgan fingerprint density at radius 1 is 1.12 bits per heavy atom. The summed E-state index contributed by atoms with van der Waals surface area (Å²) in [7, 11) is -4.14. The number of nitrogens with one attached hydrogen (secondary N) is 2. The standard InChI is InChI=1S/C28H31F2N4O7PS/c1-33(15-16-10-11-31-24(35)12-16)27(38)21-8-7-19-4-2-3-5-20(26(37)34(19)21)32-25(36)23-14-17-13-18(6-9-22(17)43-23)28(29,30)42(39,40)41/h6,9-14,19-21H,2-5,7-8,15H2,1H3,(H,31,35)(H,32,36)(H2,39,40,41)/t19-,20-,21-/m0/s1. The number of alkyl halides is 2. The summed E-state index contributed by atoms with van der Waals surface area (Å²) in [5, 5.41) is 2.98. The predicted molar refractivity (Wildman–Crippen MR) is 155 cm³/mol. The topological polar surface area (TPSA) is 160 Å². The summed E-state index contributed by atoms with van der Waals surface area (Å²) >= 11 is 1.00. The molecule has 4 N–H and O–H groups in total. The number of nitrogens with zero attached hydrogens (tertiary/aromatic N) is 2. The van der Waals surface area contributed by atoms with Gasteiger partial charge in [-0.1, -0.05) is 18.9 Å². The number of hydrogen-bond acceptors (Lipinski definition) is 6. The minimum Gasteiger partial charge on any atom is -0.340 e. The van der Waals surface area contributed by atoms with E-state index in [0.717, 1.165) is 36.3 Å². The van der Waals surface area contributed by atoms with Gasteiger partial charge < -0.3 is 29.9 Å². The van der Waals surface area contributed by atoms with Crippen LogP contribution in [0.15, 0.2) is 47.4 Å². The Bertz CT molecular complexity index is 1670. The molecule has 3 amide bonds. The van der Waals surface area contributed by atoms with E-state index in [0.29, 0.717) is 35.9 Å². The molecule has 4 heterocycles. The Morgan fingerprint density at radius 3 is 2.58 bits per heavy atom. The molecular formula is C28H31F2N4O7PS. The van der Waals surface area contributed by atoms with Crippen LogP contribution in [0.5, 0.6) is 0 Å². The second kappa shape index (κ2) is 11.9. The van der Waals surface area contributed by atoms with Crippen LogP contribution in [0.25, 0.3) is 10.1 Å². The zero-order valence-corrected chi connectivity index (χ0v) is 24.9. The average Bonchev–Trinajstić information content (AvgIpc) is 3.56. The van der Waals surface area contributed by atoms with Gasteiger partial charge in [-0.3, -0.25) is 23.7 Å². The number of benzene rings is 1. The first-order chi connectivity index (χ1) is 20.3. The van der Waals surface area contributed by atoms with E-state index < -0.39 is 36.8 Å². The van der Waals surface area contributed by atoms with E-state index in [-0.39, 0.29) is 40.2 Å². The molecule has 2 saturated heterocycles. The zero-order valence-electron chi connectivity index (χ0n) is 23.2. The highest BCUT2D eigenvalue weighted by Crippen LogP contribution is 2.59.